The topological polar surface area (TPSA) is 12.9 Å². The maximum Gasteiger partial charge on any atom is 0.0714 e. The second-order valence-corrected chi connectivity index (χ2v) is 10.9. The summed E-state index contributed by atoms with van der Waals surface area (Å²) in [5.41, 5.74) is 4.88. The summed E-state index contributed by atoms with van der Waals surface area (Å²) in [7, 11) is 0. The largest absolute Gasteiger partial charge is 0.256 e. The second kappa shape index (κ2) is 6.96. The lowest BCUT2D eigenvalue weighted by molar-refractivity contribution is 1.34. The maximum absolute atomic E-state index is 4.91. The third-order valence-corrected chi connectivity index (χ3v) is 8.61. The highest BCUT2D eigenvalue weighted by Gasteiger charge is 2.22. The number of hydrogen-bond acceptors (Lipinski definition) is 1. The van der Waals surface area contributed by atoms with E-state index in [1.807, 2.05) is 12.3 Å². The molecule has 0 aliphatic rings. The van der Waals surface area contributed by atoms with E-state index in [9.17, 15) is 0 Å². The Morgan fingerprint density at radius 1 is 0.421 bits per heavy atom. The first-order valence-electron chi connectivity index (χ1n) is 13.3. The molecule has 0 fully saturated rings. The van der Waals surface area contributed by atoms with Crippen LogP contribution in [-0.4, -0.2) is 4.98 Å². The summed E-state index contributed by atoms with van der Waals surface area (Å²) < 4.78 is 0. The van der Waals surface area contributed by atoms with Gasteiger partial charge in [-0.3, -0.25) is 4.98 Å². The van der Waals surface area contributed by atoms with Crippen LogP contribution in [-0.2, 0) is 0 Å². The highest BCUT2D eigenvalue weighted by molar-refractivity contribution is 6.41. The molecule has 9 aromatic rings. The standard InChI is InChI=1S/C37H23N/c1-20-14-22-15-21(2)17-31-29-19-32-27(18-28(29)30(16-20)34(22)31)26-11-7-10-24-23-8-3-4-9-25(23)37(35(24)26)36(32)33-12-5-6-13-38-33/h3-19H,1-2H3. The van der Waals surface area contributed by atoms with Gasteiger partial charge in [0.15, 0.2) is 0 Å². The van der Waals surface area contributed by atoms with Crippen LogP contribution in [0, 0.1) is 13.8 Å². The molecule has 0 atom stereocenters. The Morgan fingerprint density at radius 3 is 1.71 bits per heavy atom. The molecular formula is C37H23N. The zero-order chi connectivity index (χ0) is 25.1. The van der Waals surface area contributed by atoms with Gasteiger partial charge in [-0.05, 0) is 119 Å². The number of rotatable bonds is 1. The average Bonchev–Trinajstić information content (AvgIpc) is 3.43. The van der Waals surface area contributed by atoms with Crippen LogP contribution < -0.4 is 0 Å². The van der Waals surface area contributed by atoms with Gasteiger partial charge in [0.05, 0.1) is 5.69 Å². The SMILES string of the molecule is Cc1cc2cc(C)cc3c4cc5c(cc4c(c1)c23)c(-c1ccccn1)c1c2ccccc2c2cccc5c21. The van der Waals surface area contributed by atoms with Crippen molar-refractivity contribution in [3.63, 3.8) is 0 Å². The molecule has 0 amide bonds. The molecule has 0 unspecified atom stereocenters. The molecule has 1 heteroatoms. The lowest BCUT2D eigenvalue weighted by Crippen LogP contribution is -1.88. The van der Waals surface area contributed by atoms with Crippen LogP contribution in [0.25, 0.3) is 86.7 Å². The van der Waals surface area contributed by atoms with Crippen molar-refractivity contribution in [2.45, 2.75) is 13.8 Å². The summed E-state index contributed by atoms with van der Waals surface area (Å²) in [5.74, 6) is 0. The monoisotopic (exact) mass is 481 g/mol. The third kappa shape index (κ3) is 2.44. The smallest absolute Gasteiger partial charge is 0.0714 e. The van der Waals surface area contributed by atoms with E-state index in [-0.39, 0.29) is 0 Å². The lowest BCUT2D eigenvalue weighted by atomic mass is 9.90. The molecule has 1 aromatic heterocycles. The van der Waals surface area contributed by atoms with E-state index in [2.05, 4.69) is 105 Å². The quantitative estimate of drug-likeness (QED) is 0.213. The third-order valence-electron chi connectivity index (χ3n) is 8.61. The number of hydrogen-bond donors (Lipinski definition) is 0. The number of aromatic nitrogens is 1. The fourth-order valence-corrected chi connectivity index (χ4v) is 7.23. The van der Waals surface area contributed by atoms with Crippen LogP contribution in [0.3, 0.4) is 0 Å². The van der Waals surface area contributed by atoms with Crippen LogP contribution >= 0.6 is 0 Å². The highest BCUT2D eigenvalue weighted by Crippen LogP contribution is 2.50. The number of aryl methyl sites for hydroxylation is 2. The van der Waals surface area contributed by atoms with Gasteiger partial charge in [0, 0.05) is 17.1 Å². The zero-order valence-corrected chi connectivity index (χ0v) is 21.3. The molecule has 0 spiro atoms. The van der Waals surface area contributed by atoms with E-state index in [0.717, 1.165) is 5.69 Å². The van der Waals surface area contributed by atoms with E-state index in [1.165, 1.54) is 92.1 Å². The first kappa shape index (κ1) is 20.3. The van der Waals surface area contributed by atoms with Gasteiger partial charge in [-0.2, -0.15) is 0 Å². The van der Waals surface area contributed by atoms with Crippen LogP contribution in [0.5, 0.6) is 0 Å². The fraction of sp³-hybridized carbons (Fsp3) is 0.0541. The Labute approximate surface area is 219 Å². The molecule has 1 nitrogen and oxygen atoms in total. The minimum absolute atomic E-state index is 1.03. The number of nitrogens with zero attached hydrogens (tertiary/aromatic N) is 1. The number of pyridine rings is 1. The van der Waals surface area contributed by atoms with Crippen molar-refractivity contribution < 1.29 is 0 Å². The van der Waals surface area contributed by atoms with Crippen molar-refractivity contribution in [1.82, 2.24) is 4.98 Å². The molecule has 0 saturated carbocycles. The van der Waals surface area contributed by atoms with E-state index in [0.29, 0.717) is 0 Å². The molecule has 0 saturated heterocycles. The van der Waals surface area contributed by atoms with E-state index < -0.39 is 0 Å². The fourth-order valence-electron chi connectivity index (χ4n) is 7.23. The van der Waals surface area contributed by atoms with E-state index >= 15 is 0 Å². The molecule has 8 aromatic carbocycles. The Kier molecular flexibility index (Phi) is 3.72. The summed E-state index contributed by atoms with van der Waals surface area (Å²) in [6.45, 7) is 4.42. The summed E-state index contributed by atoms with van der Waals surface area (Å²) in [4.78, 5) is 4.91. The van der Waals surface area contributed by atoms with Crippen LogP contribution in [0.4, 0.5) is 0 Å². The number of benzene rings is 6. The predicted octanol–water partition coefficient (Wildman–Crippen LogP) is 10.3. The Balaban J connectivity index is 1.63. The second-order valence-electron chi connectivity index (χ2n) is 10.9. The zero-order valence-electron chi connectivity index (χ0n) is 21.3. The molecule has 0 bridgehead atoms. The van der Waals surface area contributed by atoms with Crippen molar-refractivity contribution in [3.8, 4) is 11.3 Å². The molecule has 0 aliphatic heterocycles. The van der Waals surface area contributed by atoms with Gasteiger partial charge in [-0.1, -0.05) is 72.8 Å². The van der Waals surface area contributed by atoms with Gasteiger partial charge < -0.3 is 0 Å². The maximum atomic E-state index is 4.91. The molecule has 38 heavy (non-hydrogen) atoms. The van der Waals surface area contributed by atoms with Gasteiger partial charge in [-0.25, -0.2) is 0 Å². The molecule has 0 aliphatic carbocycles. The minimum atomic E-state index is 1.03. The Hall–Kier alpha value is -4.75. The lowest BCUT2D eigenvalue weighted by Gasteiger charge is -2.14. The Morgan fingerprint density at radius 2 is 1.00 bits per heavy atom. The summed E-state index contributed by atoms with van der Waals surface area (Å²) in [5, 5.41) is 18.6. The van der Waals surface area contributed by atoms with Crippen molar-refractivity contribution in [1.29, 1.82) is 0 Å². The average molecular weight is 482 g/mol. The van der Waals surface area contributed by atoms with Gasteiger partial charge in [0.2, 0.25) is 0 Å². The number of fused-ring (bicyclic) bond motifs is 8. The molecule has 0 radical (unpaired) electrons. The van der Waals surface area contributed by atoms with E-state index in [1.54, 1.807) is 0 Å². The van der Waals surface area contributed by atoms with Crippen molar-refractivity contribution in [2.75, 3.05) is 0 Å². The first-order valence-corrected chi connectivity index (χ1v) is 13.3. The first-order chi connectivity index (χ1) is 18.7. The summed E-state index contributed by atoms with van der Waals surface area (Å²) in [6.07, 6.45) is 1.92. The van der Waals surface area contributed by atoms with Crippen molar-refractivity contribution in [3.05, 3.63) is 114 Å². The molecular weight excluding hydrogens is 458 g/mol. The van der Waals surface area contributed by atoms with Gasteiger partial charge in [0.25, 0.3) is 0 Å². The van der Waals surface area contributed by atoms with Crippen LogP contribution in [0.15, 0.2) is 103 Å². The summed E-state index contributed by atoms with van der Waals surface area (Å²) in [6, 6.07) is 36.3. The van der Waals surface area contributed by atoms with Crippen LogP contribution in [0.1, 0.15) is 11.1 Å². The summed E-state index contributed by atoms with van der Waals surface area (Å²) >= 11 is 0. The molecule has 0 N–H and O–H groups in total. The normalized spacial score (nSPS) is 12.5. The van der Waals surface area contributed by atoms with Gasteiger partial charge >= 0.3 is 0 Å². The molecule has 176 valence electrons. The Bertz CT molecular complexity index is 2390. The highest BCUT2D eigenvalue weighted by atomic mass is 14.7. The molecule has 1 heterocycles. The van der Waals surface area contributed by atoms with Crippen molar-refractivity contribution >= 4 is 75.4 Å². The minimum Gasteiger partial charge on any atom is -0.256 e. The van der Waals surface area contributed by atoms with Crippen molar-refractivity contribution in [2.24, 2.45) is 0 Å². The molecule has 9 rings (SSSR count). The van der Waals surface area contributed by atoms with Gasteiger partial charge in [-0.15, -0.1) is 0 Å². The van der Waals surface area contributed by atoms with Crippen LogP contribution in [0.2, 0.25) is 0 Å². The van der Waals surface area contributed by atoms with Gasteiger partial charge in [0.1, 0.15) is 0 Å². The van der Waals surface area contributed by atoms with E-state index in [4.69, 9.17) is 4.98 Å². The predicted molar refractivity (Wildman–Crippen MR) is 164 cm³/mol.